The predicted octanol–water partition coefficient (Wildman–Crippen LogP) is 6.47. The van der Waals surface area contributed by atoms with Crippen LogP contribution in [0.25, 0.3) is 10.9 Å². The number of nitrogens with zero attached hydrogens (tertiary/aromatic N) is 1. The van der Waals surface area contributed by atoms with Crippen LogP contribution in [0.4, 0.5) is 10.1 Å². The van der Waals surface area contributed by atoms with Gasteiger partial charge in [-0.1, -0.05) is 37.5 Å². The number of hydrogen-bond acceptors (Lipinski definition) is 3. The van der Waals surface area contributed by atoms with Crippen molar-refractivity contribution in [3.8, 4) is 0 Å². The molecule has 6 heteroatoms. The Bertz CT molecular complexity index is 1060. The van der Waals surface area contributed by atoms with Crippen molar-refractivity contribution >= 4 is 34.9 Å². The van der Waals surface area contributed by atoms with Gasteiger partial charge in [-0.25, -0.2) is 4.39 Å². The second kappa shape index (κ2) is 12.5. The molecule has 0 radical (unpaired) electrons. The molecule has 0 saturated heterocycles. The minimum atomic E-state index is -0.326. The number of nitrogens with one attached hydrogen (secondary N) is 2. The number of aromatic nitrogens is 1. The quantitative estimate of drug-likeness (QED) is 0.335. The van der Waals surface area contributed by atoms with Crippen molar-refractivity contribution < 1.29 is 9.18 Å². The van der Waals surface area contributed by atoms with Crippen LogP contribution in [-0.4, -0.2) is 24.0 Å². The lowest BCUT2D eigenvalue weighted by atomic mass is 9.92. The van der Waals surface area contributed by atoms with Crippen LogP contribution in [0.5, 0.6) is 0 Å². The van der Waals surface area contributed by atoms with Gasteiger partial charge in [-0.2, -0.15) is 0 Å². The Kier molecular flexibility index (Phi) is 9.49. The van der Waals surface area contributed by atoms with E-state index in [0.29, 0.717) is 12.1 Å². The Labute approximate surface area is 201 Å². The van der Waals surface area contributed by atoms with Gasteiger partial charge in [-0.05, 0) is 74.4 Å². The second-order valence-electron chi connectivity index (χ2n) is 8.59. The fourth-order valence-electron chi connectivity index (χ4n) is 4.47. The minimum Gasteiger partial charge on any atom is -0.384 e. The number of hydrogen-bond donors (Lipinski definition) is 2. The van der Waals surface area contributed by atoms with Crippen molar-refractivity contribution in [2.75, 3.05) is 18.4 Å². The number of halogens is 2. The van der Waals surface area contributed by atoms with E-state index in [2.05, 4.69) is 34.9 Å². The van der Waals surface area contributed by atoms with Crippen molar-refractivity contribution in [1.82, 2.24) is 10.3 Å². The zero-order chi connectivity index (χ0) is 22.2. The normalized spacial score (nSPS) is 12.6. The molecule has 0 saturated carbocycles. The van der Waals surface area contributed by atoms with Crippen LogP contribution < -0.4 is 10.6 Å². The molecule has 0 fully saturated rings. The molecule has 0 spiro atoms. The van der Waals surface area contributed by atoms with Gasteiger partial charge in [0.15, 0.2) is 0 Å². The molecule has 1 aromatic heterocycles. The summed E-state index contributed by atoms with van der Waals surface area (Å²) in [6.07, 6.45) is 10.2. The average Bonchev–Trinajstić information content (AvgIpc) is 2.82. The van der Waals surface area contributed by atoms with E-state index >= 15 is 0 Å². The summed E-state index contributed by atoms with van der Waals surface area (Å²) >= 11 is 0. The van der Waals surface area contributed by atoms with Crippen LogP contribution in [0.3, 0.4) is 0 Å². The highest BCUT2D eigenvalue weighted by Crippen LogP contribution is 2.33. The molecule has 0 unspecified atom stereocenters. The Morgan fingerprint density at radius 3 is 2.39 bits per heavy atom. The van der Waals surface area contributed by atoms with Crippen molar-refractivity contribution in [3.63, 3.8) is 0 Å². The Hall–Kier alpha value is -2.66. The number of benzene rings is 2. The monoisotopic (exact) mass is 469 g/mol. The largest absolute Gasteiger partial charge is 0.384 e. The number of anilines is 1. The van der Waals surface area contributed by atoms with Crippen molar-refractivity contribution in [2.24, 2.45) is 0 Å². The number of pyridine rings is 1. The summed E-state index contributed by atoms with van der Waals surface area (Å²) in [5.74, 6) is -0.463. The maximum absolute atomic E-state index is 12.9. The lowest BCUT2D eigenvalue weighted by Crippen LogP contribution is -2.24. The zero-order valence-electron chi connectivity index (χ0n) is 19.0. The van der Waals surface area contributed by atoms with Gasteiger partial charge in [0.2, 0.25) is 0 Å². The maximum Gasteiger partial charge on any atom is 0.251 e. The minimum absolute atomic E-state index is 0. The number of fused-ring (bicyclic) bond motifs is 2. The van der Waals surface area contributed by atoms with E-state index in [4.69, 9.17) is 4.98 Å². The van der Waals surface area contributed by atoms with E-state index < -0.39 is 0 Å². The Morgan fingerprint density at radius 2 is 1.58 bits per heavy atom. The van der Waals surface area contributed by atoms with E-state index in [0.717, 1.165) is 50.6 Å². The highest BCUT2D eigenvalue weighted by atomic mass is 35.5. The van der Waals surface area contributed by atoms with Crippen molar-refractivity contribution in [2.45, 2.75) is 57.8 Å². The topological polar surface area (TPSA) is 54.0 Å². The summed E-state index contributed by atoms with van der Waals surface area (Å²) in [4.78, 5) is 16.9. The number of amides is 1. The van der Waals surface area contributed by atoms with Crippen LogP contribution in [0.2, 0.25) is 0 Å². The average molecular weight is 470 g/mol. The van der Waals surface area contributed by atoms with Gasteiger partial charge in [0, 0.05) is 35.4 Å². The highest BCUT2D eigenvalue weighted by molar-refractivity contribution is 5.94. The van der Waals surface area contributed by atoms with Crippen molar-refractivity contribution in [3.05, 3.63) is 71.2 Å². The van der Waals surface area contributed by atoms with Gasteiger partial charge < -0.3 is 10.6 Å². The zero-order valence-corrected chi connectivity index (χ0v) is 19.9. The smallest absolute Gasteiger partial charge is 0.251 e. The summed E-state index contributed by atoms with van der Waals surface area (Å²) in [5.41, 5.74) is 5.60. The first-order chi connectivity index (χ1) is 15.7. The summed E-state index contributed by atoms with van der Waals surface area (Å²) in [6.45, 7) is 1.63. The molecule has 4 nitrogen and oxygen atoms in total. The number of carbonyl (C=O) groups excluding carboxylic acids is 1. The lowest BCUT2D eigenvalue weighted by molar-refractivity contribution is 0.0953. The number of aryl methyl sites for hydroxylation is 1. The fourth-order valence-corrected chi connectivity index (χ4v) is 4.47. The van der Waals surface area contributed by atoms with E-state index in [9.17, 15) is 9.18 Å². The van der Waals surface area contributed by atoms with Gasteiger partial charge in [-0.3, -0.25) is 9.78 Å². The molecular weight excluding hydrogens is 437 g/mol. The molecule has 3 aromatic rings. The standard InChI is InChI=1S/C27H32FN3O.ClH/c28-21-16-14-20(15-17-21)27(32)30-19-9-3-1-2-8-18-29-26-22-10-4-6-12-24(22)31-25-13-7-5-11-23(25)26;/h4,6,10,12,14-17H,1-3,5,7-9,11,13,18-19H2,(H,29,31)(H,30,32);1H. The van der Waals surface area contributed by atoms with Crippen LogP contribution in [0.1, 0.15) is 66.6 Å². The first-order valence-electron chi connectivity index (χ1n) is 11.9. The molecule has 0 atom stereocenters. The maximum atomic E-state index is 12.9. The summed E-state index contributed by atoms with van der Waals surface area (Å²) in [5, 5.41) is 7.88. The van der Waals surface area contributed by atoms with Gasteiger partial charge in [0.05, 0.1) is 5.52 Å². The first-order valence-corrected chi connectivity index (χ1v) is 11.9. The molecule has 0 bridgehead atoms. The third kappa shape index (κ3) is 6.67. The molecule has 0 aliphatic heterocycles. The van der Waals surface area contributed by atoms with E-state index in [-0.39, 0.29) is 24.1 Å². The fraction of sp³-hybridized carbons (Fsp3) is 0.407. The van der Waals surface area contributed by atoms with E-state index in [1.165, 1.54) is 65.9 Å². The van der Waals surface area contributed by atoms with Gasteiger partial charge in [-0.15, -0.1) is 12.4 Å². The molecule has 176 valence electrons. The SMILES string of the molecule is Cl.O=C(NCCCCCCCNc1c2c(nc3ccccc13)CCCC2)c1ccc(F)cc1. The summed E-state index contributed by atoms with van der Waals surface area (Å²) in [7, 11) is 0. The Balaban J connectivity index is 0.00000306. The molecule has 2 N–H and O–H groups in total. The molecule has 4 rings (SSSR count). The number of rotatable bonds is 10. The summed E-state index contributed by atoms with van der Waals surface area (Å²) < 4.78 is 12.9. The van der Waals surface area contributed by atoms with Crippen molar-refractivity contribution in [1.29, 1.82) is 0 Å². The number of carbonyl (C=O) groups is 1. The molecular formula is C27H33ClFN3O. The first kappa shape index (κ1) is 25.0. The third-order valence-corrected chi connectivity index (χ3v) is 6.22. The van der Waals surface area contributed by atoms with Gasteiger partial charge >= 0.3 is 0 Å². The molecule has 33 heavy (non-hydrogen) atoms. The summed E-state index contributed by atoms with van der Waals surface area (Å²) in [6, 6.07) is 14.1. The molecule has 1 amide bonds. The Morgan fingerprint density at radius 1 is 0.879 bits per heavy atom. The third-order valence-electron chi connectivity index (χ3n) is 6.22. The van der Waals surface area contributed by atoms with Crippen LogP contribution in [0.15, 0.2) is 48.5 Å². The van der Waals surface area contributed by atoms with E-state index in [1.54, 1.807) is 0 Å². The lowest BCUT2D eigenvalue weighted by Gasteiger charge is -2.21. The number of unbranched alkanes of at least 4 members (excludes halogenated alkanes) is 4. The molecule has 2 aromatic carbocycles. The highest BCUT2D eigenvalue weighted by Gasteiger charge is 2.17. The predicted molar refractivity (Wildman–Crippen MR) is 136 cm³/mol. The molecule has 1 heterocycles. The molecule has 1 aliphatic rings. The molecule has 1 aliphatic carbocycles. The van der Waals surface area contributed by atoms with E-state index in [1.807, 2.05) is 0 Å². The van der Waals surface area contributed by atoms with Crippen LogP contribution in [0, 0.1) is 5.82 Å². The second-order valence-corrected chi connectivity index (χ2v) is 8.59. The van der Waals surface area contributed by atoms with Gasteiger partial charge in [0.1, 0.15) is 5.82 Å². The van der Waals surface area contributed by atoms with Crippen LogP contribution >= 0.6 is 12.4 Å². The van der Waals surface area contributed by atoms with Crippen LogP contribution in [-0.2, 0) is 12.8 Å². The van der Waals surface area contributed by atoms with Gasteiger partial charge in [0.25, 0.3) is 5.91 Å². The number of para-hydroxylation sites is 1.